The molecule has 6 nitrogen and oxygen atoms in total. The fraction of sp³-hybridized carbons (Fsp3) is 0.538. The van der Waals surface area contributed by atoms with Gasteiger partial charge >= 0.3 is 5.97 Å². The molecule has 0 aliphatic carbocycles. The van der Waals surface area contributed by atoms with E-state index in [0.717, 1.165) is 6.42 Å². The van der Waals surface area contributed by atoms with Crippen LogP contribution in [-0.2, 0) is 16.0 Å². The van der Waals surface area contributed by atoms with Gasteiger partial charge in [-0.2, -0.15) is 0 Å². The number of methoxy groups -OCH3 is 1. The molecule has 0 aliphatic heterocycles. The van der Waals surface area contributed by atoms with E-state index < -0.39 is 17.9 Å². The van der Waals surface area contributed by atoms with E-state index in [-0.39, 0.29) is 13.0 Å². The summed E-state index contributed by atoms with van der Waals surface area (Å²) in [6, 6.07) is 0.590. The molecule has 0 saturated heterocycles. The molecule has 1 atom stereocenters. The summed E-state index contributed by atoms with van der Waals surface area (Å²) >= 11 is 0. The van der Waals surface area contributed by atoms with Gasteiger partial charge in [0.1, 0.15) is 11.8 Å². The highest BCUT2D eigenvalue weighted by atomic mass is 16.5. The summed E-state index contributed by atoms with van der Waals surface area (Å²) in [5, 5.41) is 11.5. The second kappa shape index (κ2) is 7.58. The third kappa shape index (κ3) is 4.40. The molecule has 0 bridgehead atoms. The predicted molar refractivity (Wildman–Crippen MR) is 68.1 cm³/mol. The number of furan rings is 1. The minimum Gasteiger partial charge on any atom is -0.480 e. The van der Waals surface area contributed by atoms with Crippen molar-refractivity contribution >= 4 is 11.9 Å². The molecule has 1 rings (SSSR count). The Labute approximate surface area is 111 Å². The van der Waals surface area contributed by atoms with Crippen LogP contribution in [0.25, 0.3) is 0 Å². The maximum Gasteiger partial charge on any atom is 0.326 e. The number of aliphatic carboxylic acids is 1. The number of ether oxygens (including phenoxy) is 1. The van der Waals surface area contributed by atoms with Crippen LogP contribution in [0.3, 0.4) is 0 Å². The second-order valence-electron chi connectivity index (χ2n) is 4.15. The quantitative estimate of drug-likeness (QED) is 0.745. The number of carboxylic acids is 1. The van der Waals surface area contributed by atoms with Crippen LogP contribution in [0.5, 0.6) is 0 Å². The van der Waals surface area contributed by atoms with Gasteiger partial charge in [-0.15, -0.1) is 0 Å². The van der Waals surface area contributed by atoms with Crippen molar-refractivity contribution in [3.8, 4) is 0 Å². The summed E-state index contributed by atoms with van der Waals surface area (Å²) < 4.78 is 10.0. The van der Waals surface area contributed by atoms with E-state index in [0.29, 0.717) is 17.7 Å². The fourth-order valence-electron chi connectivity index (χ4n) is 1.69. The largest absolute Gasteiger partial charge is 0.480 e. The number of hydrogen-bond acceptors (Lipinski definition) is 4. The molecule has 1 aromatic heterocycles. The van der Waals surface area contributed by atoms with Gasteiger partial charge in [-0.1, -0.05) is 6.92 Å². The first-order valence-electron chi connectivity index (χ1n) is 6.19. The topological polar surface area (TPSA) is 88.8 Å². The smallest absolute Gasteiger partial charge is 0.326 e. The molecule has 0 aliphatic rings. The summed E-state index contributed by atoms with van der Waals surface area (Å²) in [6.07, 6.45) is 3.15. The Morgan fingerprint density at radius 1 is 1.53 bits per heavy atom. The molecule has 0 aromatic carbocycles. The molecule has 1 amide bonds. The third-order valence-corrected chi connectivity index (χ3v) is 2.68. The Bertz CT molecular complexity index is 426. The molecule has 1 unspecified atom stereocenters. The predicted octanol–water partition coefficient (Wildman–Crippen LogP) is 1.45. The van der Waals surface area contributed by atoms with Crippen LogP contribution >= 0.6 is 0 Å². The van der Waals surface area contributed by atoms with Gasteiger partial charge in [0.2, 0.25) is 0 Å². The van der Waals surface area contributed by atoms with Crippen LogP contribution in [0, 0.1) is 0 Å². The molecule has 0 radical (unpaired) electrons. The standard InChI is InChI=1S/C13H19NO5/c1-3-4-11-9(5-8-19-11)12(15)14-10(13(16)17)6-7-18-2/h5,8,10H,3-4,6-7H2,1-2H3,(H,14,15)(H,16,17). The van der Waals surface area contributed by atoms with E-state index in [1.165, 1.54) is 13.4 Å². The number of aryl methyl sites for hydroxylation is 1. The Hall–Kier alpha value is -1.82. The van der Waals surface area contributed by atoms with Crippen molar-refractivity contribution in [3.05, 3.63) is 23.7 Å². The number of hydrogen-bond donors (Lipinski definition) is 2. The molecule has 0 saturated carbocycles. The zero-order chi connectivity index (χ0) is 14.3. The molecule has 19 heavy (non-hydrogen) atoms. The van der Waals surface area contributed by atoms with Crippen LogP contribution in [0.2, 0.25) is 0 Å². The van der Waals surface area contributed by atoms with Crippen LogP contribution < -0.4 is 5.32 Å². The van der Waals surface area contributed by atoms with E-state index in [9.17, 15) is 9.59 Å². The van der Waals surface area contributed by atoms with Gasteiger partial charge in [-0.25, -0.2) is 4.79 Å². The van der Waals surface area contributed by atoms with E-state index in [2.05, 4.69) is 5.32 Å². The number of rotatable bonds is 8. The highest BCUT2D eigenvalue weighted by Crippen LogP contribution is 2.13. The van der Waals surface area contributed by atoms with Gasteiger partial charge in [-0.3, -0.25) is 4.79 Å². The Morgan fingerprint density at radius 3 is 2.84 bits per heavy atom. The molecular formula is C13H19NO5. The van der Waals surface area contributed by atoms with Gasteiger partial charge in [-0.05, 0) is 12.5 Å². The van der Waals surface area contributed by atoms with E-state index in [4.69, 9.17) is 14.3 Å². The average molecular weight is 269 g/mol. The summed E-state index contributed by atoms with van der Waals surface area (Å²) in [4.78, 5) is 23.0. The minimum absolute atomic E-state index is 0.221. The monoisotopic (exact) mass is 269 g/mol. The van der Waals surface area contributed by atoms with Crippen LogP contribution in [0.15, 0.2) is 16.7 Å². The fourth-order valence-corrected chi connectivity index (χ4v) is 1.69. The van der Waals surface area contributed by atoms with Crippen LogP contribution in [0.4, 0.5) is 0 Å². The highest BCUT2D eigenvalue weighted by Gasteiger charge is 2.22. The zero-order valence-electron chi connectivity index (χ0n) is 11.1. The van der Waals surface area contributed by atoms with Crippen molar-refractivity contribution in [2.75, 3.05) is 13.7 Å². The number of amides is 1. The maximum atomic E-state index is 12.0. The minimum atomic E-state index is -1.08. The lowest BCUT2D eigenvalue weighted by atomic mass is 10.1. The first-order valence-corrected chi connectivity index (χ1v) is 6.19. The molecule has 2 N–H and O–H groups in total. The van der Waals surface area contributed by atoms with Crippen LogP contribution in [0.1, 0.15) is 35.9 Å². The van der Waals surface area contributed by atoms with Crippen molar-refractivity contribution < 1.29 is 23.8 Å². The molecule has 6 heteroatoms. The SMILES string of the molecule is CCCc1occc1C(=O)NC(CCOC)C(=O)O. The summed E-state index contributed by atoms with van der Waals surface area (Å²) in [7, 11) is 1.48. The van der Waals surface area contributed by atoms with Gasteiger partial charge in [0.15, 0.2) is 0 Å². The first-order chi connectivity index (χ1) is 9.10. The van der Waals surface area contributed by atoms with Gasteiger partial charge in [0.05, 0.1) is 11.8 Å². The molecule has 0 spiro atoms. The lowest BCUT2D eigenvalue weighted by Crippen LogP contribution is -2.41. The van der Waals surface area contributed by atoms with Gasteiger partial charge < -0.3 is 19.6 Å². The summed E-state index contributed by atoms with van der Waals surface area (Å²) in [6.45, 7) is 2.24. The van der Waals surface area contributed by atoms with E-state index >= 15 is 0 Å². The van der Waals surface area contributed by atoms with Crippen molar-refractivity contribution in [2.45, 2.75) is 32.2 Å². The second-order valence-corrected chi connectivity index (χ2v) is 4.15. The number of nitrogens with one attached hydrogen (secondary N) is 1. The van der Waals surface area contributed by atoms with Gasteiger partial charge in [0.25, 0.3) is 5.91 Å². The summed E-state index contributed by atoms with van der Waals surface area (Å²) in [5.74, 6) is -0.928. The Morgan fingerprint density at radius 2 is 2.26 bits per heavy atom. The molecular weight excluding hydrogens is 250 g/mol. The van der Waals surface area contributed by atoms with Crippen molar-refractivity contribution in [3.63, 3.8) is 0 Å². The molecule has 1 heterocycles. The first kappa shape index (κ1) is 15.2. The number of carbonyl (C=O) groups is 2. The average Bonchev–Trinajstić information content (AvgIpc) is 2.82. The Balaban J connectivity index is 2.70. The maximum absolute atomic E-state index is 12.0. The van der Waals surface area contributed by atoms with Crippen molar-refractivity contribution in [1.29, 1.82) is 0 Å². The molecule has 106 valence electrons. The third-order valence-electron chi connectivity index (χ3n) is 2.68. The summed E-state index contributed by atoms with van der Waals surface area (Å²) in [5.41, 5.74) is 0.394. The number of carbonyl (C=O) groups excluding carboxylic acids is 1. The van der Waals surface area contributed by atoms with Gasteiger partial charge in [0, 0.05) is 26.6 Å². The Kier molecular flexibility index (Phi) is 6.08. The normalized spacial score (nSPS) is 12.1. The van der Waals surface area contributed by atoms with E-state index in [1.54, 1.807) is 6.07 Å². The zero-order valence-corrected chi connectivity index (χ0v) is 11.1. The molecule has 0 fully saturated rings. The lowest BCUT2D eigenvalue weighted by Gasteiger charge is -2.13. The highest BCUT2D eigenvalue weighted by molar-refractivity contribution is 5.97. The molecule has 1 aromatic rings. The van der Waals surface area contributed by atoms with Crippen LogP contribution in [-0.4, -0.2) is 36.7 Å². The van der Waals surface area contributed by atoms with Crippen molar-refractivity contribution in [2.24, 2.45) is 0 Å². The lowest BCUT2D eigenvalue weighted by molar-refractivity contribution is -0.139. The van der Waals surface area contributed by atoms with E-state index in [1.807, 2.05) is 6.92 Å². The van der Waals surface area contributed by atoms with Crippen molar-refractivity contribution in [1.82, 2.24) is 5.32 Å². The number of carboxylic acid groups (broad SMARTS) is 1.